The minimum atomic E-state index is -2.08. The van der Waals surface area contributed by atoms with Gasteiger partial charge < -0.3 is 0 Å². The topological polar surface area (TPSA) is 29.5 Å². The summed E-state index contributed by atoms with van der Waals surface area (Å²) < 4.78 is 19.6. The number of benzene rings is 1. The first-order valence-electron chi connectivity index (χ1n) is 5.30. The first-order chi connectivity index (χ1) is 8.86. The van der Waals surface area contributed by atoms with Crippen molar-refractivity contribution < 1.29 is 27.4 Å². The van der Waals surface area contributed by atoms with E-state index in [1.165, 1.54) is 19.2 Å². The van der Waals surface area contributed by atoms with Crippen LogP contribution in [0.15, 0.2) is 18.2 Å². The van der Waals surface area contributed by atoms with Crippen LogP contribution < -0.4 is 4.90 Å². The van der Waals surface area contributed by atoms with Crippen molar-refractivity contribution in [3.05, 3.63) is 29.6 Å². The first-order valence-corrected chi connectivity index (χ1v) is 10.8. The van der Waals surface area contributed by atoms with Crippen LogP contribution in [0.5, 0.6) is 0 Å². The number of carbonyl (C=O) groups excluding carboxylic acids is 1. The number of nitrogens with zero attached hydrogens (tertiary/aromatic N) is 1. The average molecular weight is 395 g/mol. The summed E-state index contributed by atoms with van der Waals surface area (Å²) in [5.74, 6) is -0.749. The van der Waals surface area contributed by atoms with Crippen LogP contribution in [-0.4, -0.2) is 30.8 Å². The second kappa shape index (κ2) is 7.32. The molecule has 1 aromatic carbocycles. The molecule has 3 nitrogen and oxygen atoms in total. The Morgan fingerprint density at radius 3 is 2.68 bits per heavy atom. The van der Waals surface area contributed by atoms with Crippen molar-refractivity contribution in [3.8, 4) is 0 Å². The summed E-state index contributed by atoms with van der Waals surface area (Å²) in [5, 5.41) is 0. The summed E-state index contributed by atoms with van der Waals surface area (Å²) in [4.78, 5) is 13.2. The van der Waals surface area contributed by atoms with Crippen LogP contribution in [0, 0.1) is 5.82 Å². The van der Waals surface area contributed by atoms with Gasteiger partial charge in [0.2, 0.25) is 0 Å². The Hall–Kier alpha value is -0.507. The Kier molecular flexibility index (Phi) is 6.38. The second-order valence-electron chi connectivity index (χ2n) is 3.82. The second-order valence-corrected chi connectivity index (χ2v) is 9.54. The molecule has 0 radical (unpaired) electrons. The Bertz CT molecular complexity index is 507. The van der Waals surface area contributed by atoms with E-state index in [4.69, 9.17) is 24.1 Å². The summed E-state index contributed by atoms with van der Waals surface area (Å²) in [6.45, 7) is 1.70. The first kappa shape index (κ1) is 16.5. The number of ether oxygens (including phenoxy) is 1. The van der Waals surface area contributed by atoms with E-state index in [2.05, 4.69) is 0 Å². The molecule has 7 heteroatoms. The minimum absolute atomic E-state index is 0.372. The van der Waals surface area contributed by atoms with E-state index in [-0.39, 0.29) is 11.8 Å². The fourth-order valence-corrected chi connectivity index (χ4v) is 3.34. The molecule has 0 saturated carbocycles. The van der Waals surface area contributed by atoms with Gasteiger partial charge in [-0.25, -0.2) is 0 Å². The number of anilines is 1. The van der Waals surface area contributed by atoms with Crippen LogP contribution in [0.3, 0.4) is 0 Å². The SMILES string of the molecule is COC(=O)C(C)N(C)c1ccc(F)cc1[CH]=[Ru]([Cl])[Cl]. The van der Waals surface area contributed by atoms with E-state index in [9.17, 15) is 9.18 Å². The van der Waals surface area contributed by atoms with E-state index in [1.54, 1.807) is 29.5 Å². The molecule has 0 aromatic heterocycles. The molecular weight excluding hydrogens is 381 g/mol. The zero-order valence-corrected chi connectivity index (χ0v) is 13.9. The van der Waals surface area contributed by atoms with E-state index in [0.29, 0.717) is 11.3 Å². The molecule has 0 fully saturated rings. The number of methoxy groups -OCH3 is 1. The molecule has 0 aliphatic carbocycles. The zero-order valence-electron chi connectivity index (χ0n) is 10.6. The Balaban J connectivity index is 3.19. The number of halogens is 3. The molecular formula is C12H14Cl2FNO2Ru. The summed E-state index contributed by atoms with van der Waals surface area (Å²) in [6, 6.07) is 3.77. The molecule has 108 valence electrons. The van der Waals surface area contributed by atoms with Gasteiger partial charge in [-0.3, -0.25) is 0 Å². The number of hydrogen-bond acceptors (Lipinski definition) is 3. The van der Waals surface area contributed by atoms with E-state index < -0.39 is 19.6 Å². The van der Waals surface area contributed by atoms with Gasteiger partial charge >= 0.3 is 125 Å². The van der Waals surface area contributed by atoms with Crippen molar-refractivity contribution in [1.82, 2.24) is 0 Å². The monoisotopic (exact) mass is 395 g/mol. The predicted molar refractivity (Wildman–Crippen MR) is 73.2 cm³/mol. The summed E-state index contributed by atoms with van der Waals surface area (Å²) in [5.41, 5.74) is 1.27. The number of rotatable bonds is 4. The fourth-order valence-electron chi connectivity index (χ4n) is 1.55. The molecule has 0 bridgehead atoms. The normalized spacial score (nSPS) is 12.6. The predicted octanol–water partition coefficient (Wildman–Crippen LogP) is 2.90. The van der Waals surface area contributed by atoms with Gasteiger partial charge in [-0.15, -0.1) is 0 Å². The van der Waals surface area contributed by atoms with Gasteiger partial charge in [0.1, 0.15) is 0 Å². The van der Waals surface area contributed by atoms with Gasteiger partial charge in [-0.05, 0) is 0 Å². The average Bonchev–Trinajstić information content (AvgIpc) is 2.35. The molecule has 0 aliphatic rings. The standard InChI is InChI=1S/C12H14FNO2.2ClH.Ru/c1-8-7-10(13)5-6-11(8)14(3)9(2)12(15)16-4;;;/h1,5-7,9H,2-4H3;2*1H;/q;;;+2/p-2. The summed E-state index contributed by atoms with van der Waals surface area (Å²) in [6.07, 6.45) is 0. The van der Waals surface area contributed by atoms with Crippen LogP contribution in [0.2, 0.25) is 0 Å². The maximum atomic E-state index is 13.3. The molecule has 0 amide bonds. The van der Waals surface area contributed by atoms with Gasteiger partial charge in [-0.2, -0.15) is 0 Å². The maximum absolute atomic E-state index is 13.3. The number of likely N-dealkylation sites (N-methyl/N-ethyl adjacent to an activating group) is 1. The molecule has 0 N–H and O–H groups in total. The fraction of sp³-hybridized carbons (Fsp3) is 0.333. The van der Waals surface area contributed by atoms with Gasteiger partial charge in [0, 0.05) is 0 Å². The third kappa shape index (κ3) is 4.52. The third-order valence-electron chi connectivity index (χ3n) is 2.68. The van der Waals surface area contributed by atoms with Crippen LogP contribution in [0.1, 0.15) is 12.5 Å². The van der Waals surface area contributed by atoms with Crippen molar-refractivity contribution in [3.63, 3.8) is 0 Å². The number of hydrogen-bond donors (Lipinski definition) is 0. The molecule has 1 aromatic rings. The van der Waals surface area contributed by atoms with Crippen molar-refractivity contribution in [2.24, 2.45) is 0 Å². The van der Waals surface area contributed by atoms with Gasteiger partial charge in [-0.1, -0.05) is 0 Å². The van der Waals surface area contributed by atoms with Crippen LogP contribution in [0.25, 0.3) is 0 Å². The Morgan fingerprint density at radius 2 is 2.16 bits per heavy atom. The quantitative estimate of drug-likeness (QED) is 0.580. The Morgan fingerprint density at radius 1 is 1.53 bits per heavy atom. The van der Waals surface area contributed by atoms with Gasteiger partial charge in [0.05, 0.1) is 0 Å². The number of carbonyl (C=O) groups is 1. The van der Waals surface area contributed by atoms with Crippen LogP contribution in [0.4, 0.5) is 10.1 Å². The van der Waals surface area contributed by atoms with Gasteiger partial charge in [0.15, 0.2) is 0 Å². The number of esters is 1. The van der Waals surface area contributed by atoms with Crippen molar-refractivity contribution in [2.75, 3.05) is 19.1 Å². The third-order valence-corrected chi connectivity index (χ3v) is 4.51. The molecule has 1 atom stereocenters. The van der Waals surface area contributed by atoms with Crippen LogP contribution >= 0.6 is 19.4 Å². The Labute approximate surface area is 124 Å². The molecule has 1 unspecified atom stereocenters. The van der Waals surface area contributed by atoms with Crippen molar-refractivity contribution in [1.29, 1.82) is 0 Å². The van der Waals surface area contributed by atoms with E-state index >= 15 is 0 Å². The molecule has 0 heterocycles. The molecule has 0 spiro atoms. The van der Waals surface area contributed by atoms with E-state index in [0.717, 1.165) is 0 Å². The summed E-state index contributed by atoms with van der Waals surface area (Å²) in [7, 11) is 14.7. The molecule has 1 rings (SSSR count). The zero-order chi connectivity index (χ0) is 14.6. The van der Waals surface area contributed by atoms with Crippen LogP contribution in [-0.2, 0) is 23.0 Å². The van der Waals surface area contributed by atoms with Gasteiger partial charge in [0.25, 0.3) is 0 Å². The summed E-state index contributed by atoms with van der Waals surface area (Å²) >= 11 is -2.08. The van der Waals surface area contributed by atoms with Crippen molar-refractivity contribution in [2.45, 2.75) is 13.0 Å². The molecule has 19 heavy (non-hydrogen) atoms. The molecule has 0 aliphatic heterocycles. The van der Waals surface area contributed by atoms with Crippen molar-refractivity contribution >= 4 is 35.6 Å². The molecule has 0 saturated heterocycles. The van der Waals surface area contributed by atoms with E-state index in [1.807, 2.05) is 0 Å².